The number of benzene rings is 1. The molecule has 3 heterocycles. The summed E-state index contributed by atoms with van der Waals surface area (Å²) >= 11 is 0. The maximum atomic E-state index is 14.9. The first-order valence-corrected chi connectivity index (χ1v) is 20.9. The fraction of sp³-hybridized carbons (Fsp3) is 0.684. The van der Waals surface area contributed by atoms with Crippen LogP contribution in [0.1, 0.15) is 66.4 Å². The van der Waals surface area contributed by atoms with E-state index in [2.05, 4.69) is 57.6 Å². The Balaban J connectivity index is 1.64. The Bertz CT molecular complexity index is 1330. The van der Waals surface area contributed by atoms with E-state index in [0.29, 0.717) is 51.4 Å². The molecule has 2 fully saturated rings. The smallest absolute Gasteiger partial charge is 0.410 e. The van der Waals surface area contributed by atoms with Crippen molar-refractivity contribution in [3.8, 4) is 0 Å². The molecule has 4 rings (SSSR count). The fourth-order valence-electron chi connectivity index (χ4n) is 6.34. The predicted molar refractivity (Wildman–Crippen MR) is 196 cm³/mol. The van der Waals surface area contributed by atoms with Gasteiger partial charge in [-0.1, -0.05) is 46.8 Å². The lowest BCUT2D eigenvalue weighted by atomic mass is 9.91. The molecule has 274 valence electrons. The third-order valence-corrected chi connectivity index (χ3v) is 15.2. The van der Waals surface area contributed by atoms with Crippen LogP contribution in [0.4, 0.5) is 14.9 Å². The lowest BCUT2D eigenvalue weighted by Crippen LogP contribution is -2.48. The van der Waals surface area contributed by atoms with E-state index < -0.39 is 20.5 Å². The van der Waals surface area contributed by atoms with Crippen LogP contribution < -0.4 is 4.90 Å². The second-order valence-corrected chi connectivity index (χ2v) is 20.5. The highest BCUT2D eigenvalue weighted by atomic mass is 28.4. The van der Waals surface area contributed by atoms with Gasteiger partial charge in [-0.15, -0.1) is 0 Å². The van der Waals surface area contributed by atoms with E-state index in [1.54, 1.807) is 11.0 Å². The van der Waals surface area contributed by atoms with Crippen molar-refractivity contribution in [2.45, 2.75) is 97.2 Å². The number of rotatable bonds is 6. The van der Waals surface area contributed by atoms with E-state index >= 15 is 0 Å². The van der Waals surface area contributed by atoms with Crippen LogP contribution in [0.3, 0.4) is 0 Å². The van der Waals surface area contributed by atoms with Gasteiger partial charge >= 0.3 is 12.1 Å². The molecule has 2 saturated heterocycles. The Morgan fingerprint density at radius 2 is 1.67 bits per heavy atom. The molecule has 0 unspecified atom stereocenters. The van der Waals surface area contributed by atoms with Crippen molar-refractivity contribution in [2.75, 3.05) is 64.4 Å². The van der Waals surface area contributed by atoms with Gasteiger partial charge in [0.05, 0.1) is 25.7 Å². The van der Waals surface area contributed by atoms with Crippen molar-refractivity contribution in [1.82, 2.24) is 9.80 Å². The average Bonchev–Trinajstić information content (AvgIpc) is 3.03. The van der Waals surface area contributed by atoms with E-state index in [1.807, 2.05) is 38.1 Å². The lowest BCUT2D eigenvalue weighted by molar-refractivity contribution is -0.150. The molecule has 11 heteroatoms. The number of hydrogen-bond acceptors (Lipinski definition) is 8. The van der Waals surface area contributed by atoms with Crippen LogP contribution in [0.25, 0.3) is 6.08 Å². The molecule has 5 atom stereocenters. The minimum absolute atomic E-state index is 0.00168. The van der Waals surface area contributed by atoms with E-state index in [4.69, 9.17) is 18.6 Å². The van der Waals surface area contributed by atoms with E-state index in [1.165, 1.54) is 6.07 Å². The molecule has 9 nitrogen and oxygen atoms in total. The highest BCUT2D eigenvalue weighted by Crippen LogP contribution is 2.39. The van der Waals surface area contributed by atoms with Crippen molar-refractivity contribution in [3.63, 3.8) is 0 Å². The molecular formula is C38H60FN3O6Si. The Hall–Kier alpha value is -2.73. The van der Waals surface area contributed by atoms with Crippen molar-refractivity contribution >= 4 is 32.1 Å². The first kappa shape index (κ1) is 39.1. The topological polar surface area (TPSA) is 80.8 Å². The maximum absolute atomic E-state index is 14.9. The second-order valence-electron chi connectivity index (χ2n) is 15.8. The Morgan fingerprint density at radius 3 is 2.33 bits per heavy atom. The Labute approximate surface area is 294 Å². The molecule has 1 aromatic carbocycles. The molecule has 0 N–H and O–H groups in total. The molecule has 0 saturated carbocycles. The van der Waals surface area contributed by atoms with Crippen molar-refractivity contribution in [2.24, 2.45) is 11.8 Å². The molecule has 49 heavy (non-hydrogen) atoms. The molecule has 3 aliphatic heterocycles. The van der Waals surface area contributed by atoms with Crippen LogP contribution in [0.15, 0.2) is 35.9 Å². The molecule has 0 spiro atoms. The van der Waals surface area contributed by atoms with Gasteiger partial charge in [0.1, 0.15) is 18.0 Å². The number of likely N-dealkylation sites (N-methyl/N-ethyl adjacent to an activating group) is 1. The summed E-state index contributed by atoms with van der Waals surface area (Å²) < 4.78 is 39.6. The third-order valence-electron chi connectivity index (χ3n) is 10.6. The Kier molecular flexibility index (Phi) is 13.5. The van der Waals surface area contributed by atoms with Crippen LogP contribution >= 0.6 is 0 Å². The fourth-order valence-corrected chi connectivity index (χ4v) is 7.73. The number of anilines is 1. The van der Waals surface area contributed by atoms with Gasteiger partial charge in [0.25, 0.3) is 0 Å². The quantitative estimate of drug-likeness (QED) is 0.176. The number of morpholine rings is 1. The highest BCUT2D eigenvalue weighted by molar-refractivity contribution is 6.74. The number of hydrogen-bond donors (Lipinski definition) is 0. The molecule has 1 amide bonds. The minimum atomic E-state index is -2.21. The van der Waals surface area contributed by atoms with Gasteiger partial charge in [0.2, 0.25) is 0 Å². The number of nitrogens with zero attached hydrogens (tertiary/aromatic N) is 3. The SMILES string of the molecule is C/C(=C\c1cc(F)cc(N2CCOCC2)c1)[C@H]1OC(=O)C[C@H](O[Si](C)(C)C(C)(C)C)CC[C@H](C)[C@@H](OC(=O)N2CCN(C)CC2)/C=C/[C@@H]1C. The summed E-state index contributed by atoms with van der Waals surface area (Å²) in [6, 6.07) is 5.02. The standard InChI is InChI=1S/C38H60FN3O6Si/c1-27-10-12-33(48-49(8,9)38(4,5)6)26-35(43)47-36(28(2)11-13-34(27)46-37(44)42-16-14-40(7)15-17-42)29(3)22-30-23-31(39)25-32(24-30)41-18-20-45-21-19-41/h11,13,22-25,27-28,33-34,36H,10,12,14-21,26H2,1-9H3/b13-11+,29-22+/t27-,28-,33+,34-,36-/m0/s1. The first-order valence-electron chi connectivity index (χ1n) is 18.0. The van der Waals surface area contributed by atoms with Gasteiger partial charge in [0.15, 0.2) is 8.32 Å². The summed E-state index contributed by atoms with van der Waals surface area (Å²) in [7, 11) is -0.154. The first-order chi connectivity index (χ1) is 23.0. The molecule has 0 aliphatic carbocycles. The molecule has 0 aromatic heterocycles. The van der Waals surface area contributed by atoms with Gasteiger partial charge in [0, 0.05) is 50.9 Å². The zero-order valence-electron chi connectivity index (χ0n) is 31.3. The van der Waals surface area contributed by atoms with Crippen LogP contribution in [0.2, 0.25) is 18.1 Å². The zero-order valence-corrected chi connectivity index (χ0v) is 32.3. The summed E-state index contributed by atoms with van der Waals surface area (Å²) in [6.07, 6.45) is 5.65. The van der Waals surface area contributed by atoms with E-state index in [0.717, 1.165) is 30.8 Å². The van der Waals surface area contributed by atoms with E-state index in [-0.39, 0.29) is 47.3 Å². The van der Waals surface area contributed by atoms with Crippen LogP contribution in [-0.2, 0) is 23.4 Å². The summed E-state index contributed by atoms with van der Waals surface area (Å²) in [4.78, 5) is 33.1. The second kappa shape index (κ2) is 17.0. The molecule has 1 aromatic rings. The molecule has 0 bridgehead atoms. The summed E-state index contributed by atoms with van der Waals surface area (Å²) in [5.41, 5.74) is 2.29. The number of piperazine rings is 1. The van der Waals surface area contributed by atoms with Gasteiger partial charge < -0.3 is 33.3 Å². The van der Waals surface area contributed by atoms with Crippen LogP contribution in [-0.4, -0.2) is 108 Å². The lowest BCUT2D eigenvalue weighted by Gasteiger charge is -2.39. The zero-order chi connectivity index (χ0) is 35.9. The van der Waals surface area contributed by atoms with Crippen molar-refractivity contribution < 1.29 is 32.6 Å². The summed E-state index contributed by atoms with van der Waals surface area (Å²) in [5, 5.41) is -0.0308. The number of carbonyl (C=O) groups excluding carboxylic acids is 2. The summed E-state index contributed by atoms with van der Waals surface area (Å²) in [6.45, 7) is 22.5. The highest BCUT2D eigenvalue weighted by Gasteiger charge is 2.40. The number of carbonyl (C=O) groups is 2. The monoisotopic (exact) mass is 701 g/mol. The Morgan fingerprint density at radius 1 is 1.00 bits per heavy atom. The number of ether oxygens (including phenoxy) is 3. The van der Waals surface area contributed by atoms with Crippen LogP contribution in [0, 0.1) is 17.7 Å². The van der Waals surface area contributed by atoms with Gasteiger partial charge in [-0.25, -0.2) is 9.18 Å². The average molecular weight is 702 g/mol. The summed E-state index contributed by atoms with van der Waals surface area (Å²) in [5.74, 6) is -0.886. The van der Waals surface area contributed by atoms with Crippen molar-refractivity contribution in [1.29, 1.82) is 0 Å². The normalized spacial score (nSPS) is 27.9. The van der Waals surface area contributed by atoms with Crippen molar-refractivity contribution in [3.05, 3.63) is 47.3 Å². The molecular weight excluding hydrogens is 642 g/mol. The van der Waals surface area contributed by atoms with Gasteiger partial charge in [-0.05, 0) is 86.3 Å². The van der Waals surface area contributed by atoms with E-state index in [9.17, 15) is 14.0 Å². The van der Waals surface area contributed by atoms with Gasteiger partial charge in [-0.3, -0.25) is 4.79 Å². The van der Waals surface area contributed by atoms with Crippen LogP contribution in [0.5, 0.6) is 0 Å². The molecule has 0 radical (unpaired) electrons. The maximum Gasteiger partial charge on any atom is 0.410 e. The number of halogens is 1. The minimum Gasteiger partial charge on any atom is -0.457 e. The predicted octanol–water partition coefficient (Wildman–Crippen LogP) is 7.13. The molecule has 3 aliphatic rings. The number of esters is 1. The van der Waals surface area contributed by atoms with Gasteiger partial charge in [-0.2, -0.15) is 0 Å². The number of cyclic esters (lactones) is 1. The third kappa shape index (κ3) is 11.1. The number of amides is 1. The largest absolute Gasteiger partial charge is 0.457 e.